The van der Waals surface area contributed by atoms with Crippen molar-refractivity contribution >= 4 is 21.9 Å². The van der Waals surface area contributed by atoms with Gasteiger partial charge in [-0.25, -0.2) is 4.39 Å². The van der Waals surface area contributed by atoms with E-state index in [0.717, 1.165) is 0 Å². The first-order valence-corrected chi connectivity index (χ1v) is 6.80. The molecule has 0 aromatic heterocycles. The second-order valence-corrected chi connectivity index (χ2v) is 5.14. The quantitative estimate of drug-likeness (QED) is 0.880. The Kier molecular flexibility index (Phi) is 4.80. The van der Waals surface area contributed by atoms with E-state index < -0.39 is 11.8 Å². The molecule has 2 rings (SSSR count). The van der Waals surface area contributed by atoms with E-state index in [1.54, 1.807) is 24.3 Å². The Morgan fingerprint density at radius 3 is 2.43 bits per heavy atom. The first kappa shape index (κ1) is 15.3. The van der Waals surface area contributed by atoms with Gasteiger partial charge in [-0.1, -0.05) is 15.9 Å². The van der Waals surface area contributed by atoms with E-state index in [2.05, 4.69) is 15.9 Å². The molecule has 1 N–H and O–H groups in total. The van der Waals surface area contributed by atoms with Crippen LogP contribution in [-0.4, -0.2) is 18.2 Å². The third-order valence-corrected chi connectivity index (χ3v) is 3.16. The van der Waals surface area contributed by atoms with Gasteiger partial charge in [0.05, 0.1) is 13.5 Å². The van der Waals surface area contributed by atoms with Gasteiger partial charge < -0.3 is 14.6 Å². The van der Waals surface area contributed by atoms with Gasteiger partial charge in [0.25, 0.3) is 0 Å². The highest BCUT2D eigenvalue weighted by Gasteiger charge is 2.15. The molecule has 6 heteroatoms. The molecule has 0 saturated carbocycles. The number of hydrogen-bond donors (Lipinski definition) is 1. The summed E-state index contributed by atoms with van der Waals surface area (Å²) in [7, 11) is 1.54. The summed E-state index contributed by atoms with van der Waals surface area (Å²) < 4.78 is 25.0. The van der Waals surface area contributed by atoms with Crippen LogP contribution in [0, 0.1) is 5.82 Å². The van der Waals surface area contributed by atoms with Crippen LogP contribution in [0.3, 0.4) is 0 Å². The topological polar surface area (TPSA) is 55.8 Å². The van der Waals surface area contributed by atoms with E-state index in [-0.39, 0.29) is 17.7 Å². The second-order valence-electron chi connectivity index (χ2n) is 4.22. The summed E-state index contributed by atoms with van der Waals surface area (Å²) >= 11 is 3.14. The molecular formula is C15H12BrFO4. The van der Waals surface area contributed by atoms with Gasteiger partial charge in [0.2, 0.25) is 0 Å². The molecule has 2 aromatic rings. The Labute approximate surface area is 129 Å². The summed E-state index contributed by atoms with van der Waals surface area (Å²) in [5, 5.41) is 8.90. The molecule has 0 amide bonds. The molecule has 0 radical (unpaired) electrons. The number of carboxylic acids is 1. The molecule has 4 nitrogen and oxygen atoms in total. The predicted molar refractivity (Wildman–Crippen MR) is 78.5 cm³/mol. The standard InChI is InChI=1S/C15H12BrFO4/c1-20-11-2-4-12(5-3-11)21-15-9(7-14(18)19)6-10(16)8-13(15)17/h2-6,8H,7H2,1H3,(H,18,19). The lowest BCUT2D eigenvalue weighted by Gasteiger charge is -2.12. The Balaban J connectivity index is 2.34. The van der Waals surface area contributed by atoms with Crippen molar-refractivity contribution in [1.82, 2.24) is 0 Å². The molecule has 21 heavy (non-hydrogen) atoms. The summed E-state index contributed by atoms with van der Waals surface area (Å²) in [6.45, 7) is 0. The van der Waals surface area contributed by atoms with E-state index in [1.165, 1.54) is 19.2 Å². The molecule has 0 atom stereocenters. The van der Waals surface area contributed by atoms with Gasteiger partial charge >= 0.3 is 5.97 Å². The highest BCUT2D eigenvalue weighted by Crippen LogP contribution is 2.32. The Bertz CT molecular complexity index is 655. The minimum absolute atomic E-state index is 0.0919. The molecule has 0 saturated heterocycles. The predicted octanol–water partition coefficient (Wildman–Crippen LogP) is 4.02. The van der Waals surface area contributed by atoms with Crippen molar-refractivity contribution in [3.63, 3.8) is 0 Å². The Morgan fingerprint density at radius 2 is 1.86 bits per heavy atom. The largest absolute Gasteiger partial charge is 0.497 e. The molecule has 0 heterocycles. The zero-order valence-electron chi connectivity index (χ0n) is 11.1. The first-order chi connectivity index (χ1) is 9.99. The van der Waals surface area contributed by atoms with Crippen molar-refractivity contribution in [3.05, 3.63) is 52.3 Å². The van der Waals surface area contributed by atoms with Gasteiger partial charge in [-0.3, -0.25) is 4.79 Å². The number of carboxylic acid groups (broad SMARTS) is 1. The maximum atomic E-state index is 14.0. The van der Waals surface area contributed by atoms with E-state index >= 15 is 0 Å². The zero-order valence-corrected chi connectivity index (χ0v) is 12.7. The molecular weight excluding hydrogens is 343 g/mol. The van der Waals surface area contributed by atoms with Crippen molar-refractivity contribution in [2.45, 2.75) is 6.42 Å². The second kappa shape index (κ2) is 6.58. The number of ether oxygens (including phenoxy) is 2. The molecule has 0 aliphatic rings. The van der Waals surface area contributed by atoms with Crippen LogP contribution in [0.5, 0.6) is 17.2 Å². The average Bonchev–Trinajstić information content (AvgIpc) is 2.42. The highest BCUT2D eigenvalue weighted by molar-refractivity contribution is 9.10. The molecule has 0 spiro atoms. The van der Waals surface area contributed by atoms with Gasteiger partial charge in [-0.2, -0.15) is 0 Å². The summed E-state index contributed by atoms with van der Waals surface area (Å²) in [5.74, 6) is -0.748. The monoisotopic (exact) mass is 354 g/mol. The fraction of sp³-hybridized carbons (Fsp3) is 0.133. The van der Waals surface area contributed by atoms with Crippen LogP contribution in [0.15, 0.2) is 40.9 Å². The third-order valence-electron chi connectivity index (χ3n) is 2.71. The van der Waals surface area contributed by atoms with E-state index in [1.807, 2.05) is 0 Å². The van der Waals surface area contributed by atoms with Gasteiger partial charge in [0, 0.05) is 10.0 Å². The SMILES string of the molecule is COc1ccc(Oc2c(F)cc(Br)cc2CC(=O)O)cc1. The number of carbonyl (C=O) groups is 1. The van der Waals surface area contributed by atoms with E-state index in [4.69, 9.17) is 14.6 Å². The van der Waals surface area contributed by atoms with Gasteiger partial charge in [0.1, 0.15) is 11.5 Å². The molecule has 0 aliphatic heterocycles. The Morgan fingerprint density at radius 1 is 1.24 bits per heavy atom. The highest BCUT2D eigenvalue weighted by atomic mass is 79.9. The fourth-order valence-electron chi connectivity index (χ4n) is 1.78. The van der Waals surface area contributed by atoms with Crippen LogP contribution in [0.4, 0.5) is 4.39 Å². The number of benzene rings is 2. The van der Waals surface area contributed by atoms with Crippen molar-refractivity contribution in [2.75, 3.05) is 7.11 Å². The molecule has 0 bridgehead atoms. The summed E-state index contributed by atoms with van der Waals surface area (Å²) in [6, 6.07) is 9.32. The van der Waals surface area contributed by atoms with Crippen molar-refractivity contribution in [1.29, 1.82) is 0 Å². The van der Waals surface area contributed by atoms with Crippen molar-refractivity contribution in [2.24, 2.45) is 0 Å². The van der Waals surface area contributed by atoms with Crippen molar-refractivity contribution in [3.8, 4) is 17.2 Å². The van der Waals surface area contributed by atoms with Gasteiger partial charge in [0.15, 0.2) is 11.6 Å². The number of methoxy groups -OCH3 is 1. The van der Waals surface area contributed by atoms with E-state index in [0.29, 0.717) is 16.0 Å². The number of aliphatic carboxylic acids is 1. The maximum Gasteiger partial charge on any atom is 0.307 e. The van der Waals surface area contributed by atoms with Gasteiger partial charge in [-0.15, -0.1) is 0 Å². The third kappa shape index (κ3) is 3.95. The Hall–Kier alpha value is -2.08. The fourth-order valence-corrected chi connectivity index (χ4v) is 2.26. The summed E-state index contributed by atoms with van der Waals surface area (Å²) in [6.07, 6.45) is -0.331. The molecule has 2 aromatic carbocycles. The lowest BCUT2D eigenvalue weighted by Crippen LogP contribution is -2.03. The molecule has 0 unspecified atom stereocenters. The molecule has 110 valence electrons. The molecule has 0 aliphatic carbocycles. The van der Waals surface area contributed by atoms with Crippen LogP contribution >= 0.6 is 15.9 Å². The summed E-state index contributed by atoms with van der Waals surface area (Å²) in [5.41, 5.74) is 0.255. The lowest BCUT2D eigenvalue weighted by atomic mass is 10.1. The minimum Gasteiger partial charge on any atom is -0.497 e. The van der Waals surface area contributed by atoms with Crippen LogP contribution in [0.2, 0.25) is 0 Å². The smallest absolute Gasteiger partial charge is 0.307 e. The van der Waals surface area contributed by atoms with Crippen molar-refractivity contribution < 1.29 is 23.8 Å². The average molecular weight is 355 g/mol. The maximum absolute atomic E-state index is 14.0. The van der Waals surface area contributed by atoms with E-state index in [9.17, 15) is 9.18 Å². The zero-order chi connectivity index (χ0) is 15.4. The van der Waals surface area contributed by atoms with Crippen LogP contribution in [0.1, 0.15) is 5.56 Å². The van der Waals surface area contributed by atoms with Crippen LogP contribution in [0.25, 0.3) is 0 Å². The number of halogens is 2. The lowest BCUT2D eigenvalue weighted by molar-refractivity contribution is -0.136. The molecule has 0 fully saturated rings. The van der Waals surface area contributed by atoms with Gasteiger partial charge in [-0.05, 0) is 36.4 Å². The number of rotatable bonds is 5. The normalized spacial score (nSPS) is 10.2. The summed E-state index contributed by atoms with van der Waals surface area (Å²) in [4.78, 5) is 10.9. The minimum atomic E-state index is -1.06. The van der Waals surface area contributed by atoms with Crippen LogP contribution < -0.4 is 9.47 Å². The number of hydrogen-bond acceptors (Lipinski definition) is 3. The van der Waals surface area contributed by atoms with Crippen LogP contribution in [-0.2, 0) is 11.2 Å². The first-order valence-electron chi connectivity index (χ1n) is 6.01.